The van der Waals surface area contributed by atoms with Gasteiger partial charge in [-0.1, -0.05) is 181 Å². The molecule has 2 aliphatic rings. The zero-order chi connectivity index (χ0) is 87.8. The van der Waals surface area contributed by atoms with E-state index in [0.717, 1.165) is 179 Å². The van der Waals surface area contributed by atoms with Gasteiger partial charge in [-0.15, -0.1) is 0 Å². The minimum absolute atomic E-state index is 0.111. The number of nitrogens with zero attached hydrogens (tertiary/aromatic N) is 4. The van der Waals surface area contributed by atoms with Crippen molar-refractivity contribution in [2.45, 2.75) is 137 Å². The molecular formula is C110H104N4O4+4. The normalized spacial score (nSPS) is 15.8. The Morgan fingerprint density at radius 3 is 0.983 bits per heavy atom. The number of hydrogen-bond donors (Lipinski definition) is 0. The highest BCUT2D eigenvalue weighted by Crippen LogP contribution is 2.45. The maximum atomic E-state index is 9.10. The van der Waals surface area contributed by atoms with E-state index in [1.807, 2.05) is 98.0 Å². The zero-order valence-corrected chi connectivity index (χ0v) is 69.3. The number of aryl methyl sites for hydroxylation is 8. The molecular weight excluding hydrogens is 1440 g/mol. The summed E-state index contributed by atoms with van der Waals surface area (Å²) in [6.07, 6.45) is 16.3. The van der Waals surface area contributed by atoms with Gasteiger partial charge >= 0.3 is 0 Å². The lowest BCUT2D eigenvalue weighted by molar-refractivity contribution is -0.660. The molecule has 20 aromatic rings. The molecule has 0 saturated heterocycles. The Labute approximate surface area is 702 Å². The van der Waals surface area contributed by atoms with E-state index in [9.17, 15) is 0 Å². The number of rotatable bonds is 9. The van der Waals surface area contributed by atoms with Crippen LogP contribution in [0, 0.1) is 33.6 Å². The van der Waals surface area contributed by atoms with Gasteiger partial charge in [-0.2, -0.15) is 0 Å². The minimum Gasteiger partial charge on any atom is -0.456 e. The lowest BCUT2D eigenvalue weighted by Crippen LogP contribution is -2.31. The van der Waals surface area contributed by atoms with Crippen LogP contribution < -0.4 is 18.3 Å². The third-order valence-electron chi connectivity index (χ3n) is 24.9. The summed E-state index contributed by atoms with van der Waals surface area (Å²) >= 11 is 0. The predicted octanol–water partition coefficient (Wildman–Crippen LogP) is 28.2. The smallest absolute Gasteiger partial charge is 0.212 e. The van der Waals surface area contributed by atoms with E-state index in [4.69, 9.17) is 28.6 Å². The third-order valence-corrected chi connectivity index (χ3v) is 24.9. The number of hydrogen-bond acceptors (Lipinski definition) is 4. The van der Waals surface area contributed by atoms with E-state index in [-0.39, 0.29) is 5.92 Å². The predicted molar refractivity (Wildman–Crippen MR) is 490 cm³/mol. The van der Waals surface area contributed by atoms with E-state index in [2.05, 4.69) is 251 Å². The molecule has 0 bridgehead atoms. The number of fused-ring (bicyclic) bond motifs is 20. The van der Waals surface area contributed by atoms with Gasteiger partial charge in [-0.25, -0.2) is 18.3 Å². The van der Waals surface area contributed by atoms with Gasteiger partial charge in [0.25, 0.3) is 0 Å². The van der Waals surface area contributed by atoms with Gasteiger partial charge in [0, 0.05) is 103 Å². The molecule has 8 nitrogen and oxygen atoms in total. The van der Waals surface area contributed by atoms with Crippen LogP contribution in [0.5, 0.6) is 0 Å². The largest absolute Gasteiger partial charge is 0.456 e. The van der Waals surface area contributed by atoms with Crippen molar-refractivity contribution in [1.82, 2.24) is 0 Å². The molecule has 2 fully saturated rings. The van der Waals surface area contributed by atoms with E-state index in [1.54, 1.807) is 6.07 Å². The van der Waals surface area contributed by atoms with Gasteiger partial charge in [0.2, 0.25) is 22.8 Å². The van der Waals surface area contributed by atoms with Crippen LogP contribution in [0.2, 0.25) is 0 Å². The fraction of sp³-hybridized carbons (Fsp3) is 0.236. The van der Waals surface area contributed by atoms with Crippen molar-refractivity contribution in [3.63, 3.8) is 0 Å². The maximum Gasteiger partial charge on any atom is 0.212 e. The highest BCUT2D eigenvalue weighted by atomic mass is 16.3. The standard InChI is InChI=1S/C29H28NO.C28H26NO.C27H26NO.C26H24NO/c1-19-16-25-28(31-27-13-12-21-10-6-7-11-23(21)29(25)27)18-24(19)26-17-22(14-15-30(26)2)20-8-4-3-5-9-20;1-18-15-24-27(30-26-12-11-20-9-5-6-10-22(20)28(24)26)17-23(18)25-16-21(13-14-29(25)2)19-7-3-4-8-19;1-17(2)13-19-11-12-28(4)24(15-19)22-16-26-23(14-18(22)3)27-21-8-6-5-7-20(21)9-10-25(27)29-26;1-16(2)19-11-12-27(4)23(14-19)21-15-25-22(13-17(21)3)26-20-8-6-5-7-18(20)9-10-24(26)28-25/h6-7,10-18,20H,3-5,8-9H2,1-2H3;5-6,9-17,19H,3-4,7-8H2,1-2H3;5-12,14-17H,13H2,1-4H3;5-16H,1-4H3/q4*+1/i20D;19D;13D2;1D3,16D. The molecule has 118 heavy (non-hydrogen) atoms. The van der Waals surface area contributed by atoms with Crippen LogP contribution in [0.25, 0.3) is 176 Å². The highest BCUT2D eigenvalue weighted by Gasteiger charge is 2.27. The molecule has 0 amide bonds. The summed E-state index contributed by atoms with van der Waals surface area (Å²) in [5.41, 5.74) is 23.6. The molecule has 584 valence electrons. The summed E-state index contributed by atoms with van der Waals surface area (Å²) in [5.74, 6) is -2.72. The van der Waals surface area contributed by atoms with Gasteiger partial charge in [0.05, 0.1) is 22.3 Å². The fourth-order valence-corrected chi connectivity index (χ4v) is 18.7. The third kappa shape index (κ3) is 14.0. The van der Waals surface area contributed by atoms with Crippen LogP contribution in [-0.2, 0) is 34.6 Å². The van der Waals surface area contributed by atoms with E-state index in [1.165, 1.54) is 94.8 Å². The summed E-state index contributed by atoms with van der Waals surface area (Å²) in [7, 11) is 8.10. The molecule has 22 rings (SSSR count). The van der Waals surface area contributed by atoms with Gasteiger partial charge in [0.15, 0.2) is 24.8 Å². The zero-order valence-electron chi connectivity index (χ0n) is 77.3. The molecule has 0 N–H and O–H groups in total. The summed E-state index contributed by atoms with van der Waals surface area (Å²) < 4.78 is 100. The lowest BCUT2D eigenvalue weighted by atomic mass is 9.84. The van der Waals surface area contributed by atoms with Crippen molar-refractivity contribution in [1.29, 1.82) is 0 Å². The summed E-state index contributed by atoms with van der Waals surface area (Å²) in [4.78, 5) is 0. The number of aromatic nitrogens is 4. The van der Waals surface area contributed by atoms with Crippen molar-refractivity contribution in [2.24, 2.45) is 34.1 Å². The highest BCUT2D eigenvalue weighted by molar-refractivity contribution is 6.23. The Balaban J connectivity index is 0.000000110. The quantitative estimate of drug-likeness (QED) is 0.135. The van der Waals surface area contributed by atoms with Crippen molar-refractivity contribution < 1.29 is 46.9 Å². The molecule has 8 aromatic heterocycles. The van der Waals surface area contributed by atoms with Gasteiger partial charge < -0.3 is 17.7 Å². The van der Waals surface area contributed by atoms with Gasteiger partial charge in [-0.05, 0) is 244 Å². The van der Waals surface area contributed by atoms with Gasteiger partial charge in [0.1, 0.15) is 72.9 Å². The second-order valence-electron chi connectivity index (χ2n) is 33.2. The molecule has 1 atom stereocenters. The summed E-state index contributed by atoms with van der Waals surface area (Å²) in [6, 6.07) is 83.8. The van der Waals surface area contributed by atoms with Crippen LogP contribution in [-0.4, -0.2) is 0 Å². The molecule has 2 saturated carbocycles. The van der Waals surface area contributed by atoms with Crippen molar-refractivity contribution in [3.05, 3.63) is 312 Å². The maximum absolute atomic E-state index is 9.10. The van der Waals surface area contributed by atoms with Crippen molar-refractivity contribution in [3.8, 4) is 45.0 Å². The topological polar surface area (TPSA) is 68.1 Å². The fourth-order valence-electron chi connectivity index (χ4n) is 18.7. The van der Waals surface area contributed by atoms with E-state index >= 15 is 0 Å². The number of benzene rings is 12. The molecule has 0 spiro atoms. The Hall–Kier alpha value is -12.5. The van der Waals surface area contributed by atoms with Crippen LogP contribution >= 0.6 is 0 Å². The van der Waals surface area contributed by atoms with Crippen molar-refractivity contribution >= 4 is 131 Å². The van der Waals surface area contributed by atoms with Crippen LogP contribution in [0.3, 0.4) is 0 Å². The molecule has 8 heteroatoms. The number of furan rings is 4. The lowest BCUT2D eigenvalue weighted by Gasteiger charge is -2.21. The Morgan fingerprint density at radius 1 is 0.339 bits per heavy atom. The SMILES string of the molecule is [2H]C([2H])([2H])C([2H])(C)c1cc[n+](C)c(-c2cc3oc4ccc5ccccc5c4c3cc2C)c1.[2H]C([2H])(c1cc[n+](C)c(-c2cc3oc4ccc5ccccc5c4c3cc2C)c1)C(C)C.[2H]C1(c2cc[n+](C)c(-c3cc4oc5ccc6ccccc6c5c4cc3C)c2)CCCC1.[2H]C1(c2cc[n+](C)c(-c3cc4oc5ccc6ccccc6c5c4cc3C)c2)CCCCC1. The van der Waals surface area contributed by atoms with Crippen molar-refractivity contribution in [2.75, 3.05) is 0 Å². The first kappa shape index (κ1) is 66.6. The average Bonchev–Trinajstić information content (AvgIpc) is 1.71. The summed E-state index contributed by atoms with van der Waals surface area (Å²) in [5, 5.41) is 18.8. The Kier molecular flexibility index (Phi) is 17.6. The van der Waals surface area contributed by atoms with Crippen LogP contribution in [0.1, 0.15) is 159 Å². The van der Waals surface area contributed by atoms with E-state index < -0.39 is 30.9 Å². The molecule has 1 unspecified atom stereocenters. The average molecular weight is 1550 g/mol. The van der Waals surface area contributed by atoms with E-state index in [0.29, 0.717) is 11.1 Å². The minimum atomic E-state index is -2.43. The first-order chi connectivity index (χ1) is 60.4. The first-order valence-corrected chi connectivity index (χ1v) is 41.8. The van der Waals surface area contributed by atoms with Crippen LogP contribution in [0.15, 0.2) is 285 Å². The van der Waals surface area contributed by atoms with Gasteiger partial charge in [-0.3, -0.25) is 0 Å². The Bertz CT molecular complexity index is 7560. The second-order valence-corrected chi connectivity index (χ2v) is 33.2. The number of pyridine rings is 4. The molecule has 0 aliphatic heterocycles. The first-order valence-electron chi connectivity index (χ1n) is 45.8. The Morgan fingerprint density at radius 2 is 0.644 bits per heavy atom. The molecule has 0 radical (unpaired) electrons. The molecule has 12 aromatic carbocycles. The molecule has 8 heterocycles. The van der Waals surface area contributed by atoms with Crippen LogP contribution in [0.4, 0.5) is 0 Å². The monoisotopic (exact) mass is 1550 g/mol. The second kappa shape index (κ2) is 31.2. The molecule has 2 aliphatic carbocycles. The summed E-state index contributed by atoms with van der Waals surface area (Å²) in [6.45, 7) is 11.4.